The second-order valence-electron chi connectivity index (χ2n) is 3.58. The summed E-state index contributed by atoms with van der Waals surface area (Å²) < 4.78 is 0. The van der Waals surface area contributed by atoms with E-state index in [2.05, 4.69) is 43.6 Å². The Balaban J connectivity index is 2.80. The minimum absolute atomic E-state index is 1.20. The molecule has 0 bridgehead atoms. The normalized spacial score (nSPS) is 17.8. The molecule has 1 aliphatic rings. The summed E-state index contributed by atoms with van der Waals surface area (Å²) in [5.41, 5.74) is 2.16. The summed E-state index contributed by atoms with van der Waals surface area (Å²) in [7, 11) is -1.20. The summed E-state index contributed by atoms with van der Waals surface area (Å²) in [5.74, 6) is 0. The smallest absolute Gasteiger partial charge is 0.0984 e. The first-order chi connectivity index (χ1) is 5.17. The van der Waals surface area contributed by atoms with Crippen molar-refractivity contribution in [2.75, 3.05) is 0 Å². The van der Waals surface area contributed by atoms with Crippen LogP contribution in [0.1, 0.15) is 12.8 Å². The van der Waals surface area contributed by atoms with Crippen LogP contribution < -0.4 is 0 Å². The topological polar surface area (TPSA) is 0 Å². The summed E-state index contributed by atoms with van der Waals surface area (Å²) in [5, 5.41) is 1.63. The highest BCUT2D eigenvalue weighted by Crippen LogP contribution is 2.23. The van der Waals surface area contributed by atoms with E-state index in [0.717, 1.165) is 0 Å². The molecular weight excluding hydrogens is 148 g/mol. The summed E-state index contributed by atoms with van der Waals surface area (Å²) in [6, 6.07) is 0. The summed E-state index contributed by atoms with van der Waals surface area (Å²) in [6.07, 6.45) is 9.16. The van der Waals surface area contributed by atoms with Crippen molar-refractivity contribution >= 4 is 8.07 Å². The number of hydrogen-bond donors (Lipinski definition) is 0. The molecule has 1 rings (SSSR count). The lowest BCUT2D eigenvalue weighted by Crippen LogP contribution is -2.26. The van der Waals surface area contributed by atoms with Gasteiger partial charge in [-0.1, -0.05) is 42.2 Å². The largest absolute Gasteiger partial charge is 0.107 e. The van der Waals surface area contributed by atoms with Crippen molar-refractivity contribution in [2.45, 2.75) is 25.9 Å². The molecule has 0 saturated carbocycles. The zero-order chi connectivity index (χ0) is 8.32. The lowest BCUT2D eigenvalue weighted by Gasteiger charge is -2.22. The molecule has 0 aromatic rings. The van der Waals surface area contributed by atoms with Crippen molar-refractivity contribution in [3.8, 4) is 0 Å². The van der Waals surface area contributed by atoms with Gasteiger partial charge in [0.05, 0.1) is 8.07 Å². The zero-order valence-electron chi connectivity index (χ0n) is 7.43. The molecule has 0 aliphatic heterocycles. The summed E-state index contributed by atoms with van der Waals surface area (Å²) in [4.78, 5) is 0. The number of hydrogen-bond acceptors (Lipinski definition) is 0. The maximum Gasteiger partial charge on any atom is 0.0984 e. The Labute approximate surface area is 70.3 Å². The minimum Gasteiger partial charge on any atom is -0.107 e. The first kappa shape index (κ1) is 8.53. The Hall–Kier alpha value is -0.563. The van der Waals surface area contributed by atoms with E-state index in [9.17, 15) is 0 Å². The Morgan fingerprint density at radius 2 is 2.27 bits per heavy atom. The molecular formula is C10H16Si. The Morgan fingerprint density at radius 1 is 1.55 bits per heavy atom. The highest BCUT2D eigenvalue weighted by atomic mass is 28.3. The zero-order valence-corrected chi connectivity index (χ0v) is 8.43. The van der Waals surface area contributed by atoms with Gasteiger partial charge < -0.3 is 0 Å². The minimum atomic E-state index is -1.20. The van der Waals surface area contributed by atoms with E-state index in [1.54, 1.807) is 5.20 Å². The average Bonchev–Trinajstić information content (AvgIpc) is 2.06. The fraction of sp³-hybridized carbons (Fsp3) is 0.400. The summed E-state index contributed by atoms with van der Waals surface area (Å²) >= 11 is 0. The van der Waals surface area contributed by atoms with Crippen LogP contribution in [0.25, 0.3) is 0 Å². The molecule has 0 atom stereocenters. The van der Waals surface area contributed by atoms with Crippen molar-refractivity contribution < 1.29 is 0 Å². The van der Waals surface area contributed by atoms with Crippen molar-refractivity contribution in [3.05, 3.63) is 35.7 Å². The first-order valence-electron chi connectivity index (χ1n) is 4.16. The highest BCUT2D eigenvalue weighted by molar-refractivity contribution is 6.88. The molecule has 60 valence electrons. The molecule has 0 aromatic heterocycles. The SMILES string of the molecule is C=C[Si](C)(C)C1=CC=CCC1. The van der Waals surface area contributed by atoms with E-state index in [-0.39, 0.29) is 0 Å². The Kier molecular flexibility index (Phi) is 2.50. The van der Waals surface area contributed by atoms with Gasteiger partial charge in [0.25, 0.3) is 0 Å². The maximum atomic E-state index is 3.90. The van der Waals surface area contributed by atoms with E-state index in [1.807, 2.05) is 0 Å². The monoisotopic (exact) mass is 164 g/mol. The first-order valence-corrected chi connectivity index (χ1v) is 7.24. The molecule has 0 nitrogen and oxygen atoms in total. The highest BCUT2D eigenvalue weighted by Gasteiger charge is 2.21. The van der Waals surface area contributed by atoms with Crippen LogP contribution in [0, 0.1) is 0 Å². The predicted molar refractivity (Wildman–Crippen MR) is 54.1 cm³/mol. The van der Waals surface area contributed by atoms with Crippen LogP contribution in [0.5, 0.6) is 0 Å². The van der Waals surface area contributed by atoms with Crippen LogP contribution in [-0.4, -0.2) is 8.07 Å². The quantitative estimate of drug-likeness (QED) is 0.550. The lowest BCUT2D eigenvalue weighted by molar-refractivity contribution is 1.00. The Morgan fingerprint density at radius 3 is 2.73 bits per heavy atom. The van der Waals surface area contributed by atoms with Crippen molar-refractivity contribution in [2.24, 2.45) is 0 Å². The van der Waals surface area contributed by atoms with Crippen molar-refractivity contribution in [3.63, 3.8) is 0 Å². The van der Waals surface area contributed by atoms with Gasteiger partial charge in [-0.3, -0.25) is 0 Å². The van der Waals surface area contributed by atoms with E-state index >= 15 is 0 Å². The van der Waals surface area contributed by atoms with Gasteiger partial charge >= 0.3 is 0 Å². The number of rotatable bonds is 2. The van der Waals surface area contributed by atoms with Gasteiger partial charge in [0, 0.05) is 0 Å². The lowest BCUT2D eigenvalue weighted by atomic mass is 10.2. The van der Waals surface area contributed by atoms with Gasteiger partial charge in [-0.25, -0.2) is 0 Å². The molecule has 0 unspecified atom stereocenters. The van der Waals surface area contributed by atoms with Gasteiger partial charge in [-0.05, 0) is 12.8 Å². The molecule has 1 aliphatic carbocycles. The van der Waals surface area contributed by atoms with Crippen LogP contribution in [0.2, 0.25) is 13.1 Å². The molecule has 0 heterocycles. The van der Waals surface area contributed by atoms with Gasteiger partial charge in [0.15, 0.2) is 0 Å². The number of allylic oxidation sites excluding steroid dienone is 4. The molecule has 11 heavy (non-hydrogen) atoms. The van der Waals surface area contributed by atoms with Crippen molar-refractivity contribution in [1.82, 2.24) is 0 Å². The fourth-order valence-electron chi connectivity index (χ4n) is 1.27. The summed E-state index contributed by atoms with van der Waals surface area (Å²) in [6.45, 7) is 8.61. The predicted octanol–water partition coefficient (Wildman–Crippen LogP) is 3.24. The van der Waals surface area contributed by atoms with Gasteiger partial charge in [0.2, 0.25) is 0 Å². The van der Waals surface area contributed by atoms with Crippen LogP contribution in [0.4, 0.5) is 0 Å². The molecule has 0 N–H and O–H groups in total. The van der Waals surface area contributed by atoms with Gasteiger partial charge in [-0.2, -0.15) is 0 Å². The third-order valence-corrected chi connectivity index (χ3v) is 5.44. The molecule has 0 radical (unpaired) electrons. The van der Waals surface area contributed by atoms with E-state index in [0.29, 0.717) is 0 Å². The second-order valence-corrected chi connectivity index (χ2v) is 8.08. The standard InChI is InChI=1S/C10H16Si/c1-4-11(2,3)10-8-6-5-7-9-10/h4-6,8H,1,7,9H2,2-3H3. The third kappa shape index (κ3) is 1.93. The van der Waals surface area contributed by atoms with Crippen LogP contribution in [0.15, 0.2) is 35.7 Å². The van der Waals surface area contributed by atoms with Gasteiger partial charge in [0.1, 0.15) is 0 Å². The molecule has 0 saturated heterocycles. The molecule has 1 heteroatoms. The van der Waals surface area contributed by atoms with E-state index in [4.69, 9.17) is 0 Å². The molecule has 0 spiro atoms. The Bertz CT molecular complexity index is 209. The molecule has 0 fully saturated rings. The maximum absolute atomic E-state index is 3.90. The van der Waals surface area contributed by atoms with Crippen LogP contribution in [0.3, 0.4) is 0 Å². The van der Waals surface area contributed by atoms with Crippen LogP contribution >= 0.6 is 0 Å². The van der Waals surface area contributed by atoms with Gasteiger partial charge in [-0.15, -0.1) is 6.58 Å². The van der Waals surface area contributed by atoms with E-state index < -0.39 is 8.07 Å². The average molecular weight is 164 g/mol. The third-order valence-electron chi connectivity index (χ3n) is 2.35. The molecule has 0 aromatic carbocycles. The fourth-order valence-corrected chi connectivity index (χ4v) is 2.85. The van der Waals surface area contributed by atoms with Crippen molar-refractivity contribution in [1.29, 1.82) is 0 Å². The van der Waals surface area contributed by atoms with Crippen LogP contribution in [-0.2, 0) is 0 Å². The second kappa shape index (κ2) is 3.22. The van der Waals surface area contributed by atoms with E-state index in [1.165, 1.54) is 12.8 Å². The molecule has 0 amide bonds.